The molecular formula is C14H19N3S. The molecule has 0 aliphatic carbocycles. The Balaban J connectivity index is 2.16. The lowest BCUT2D eigenvalue weighted by Gasteiger charge is -2.19. The molecule has 18 heavy (non-hydrogen) atoms. The molecule has 0 fully saturated rings. The number of nitrogen functional groups attached to an aromatic ring is 1. The van der Waals surface area contributed by atoms with Crippen molar-refractivity contribution in [2.24, 2.45) is 0 Å². The molecule has 2 rings (SSSR count). The zero-order valence-electron chi connectivity index (χ0n) is 11.1. The lowest BCUT2D eigenvalue weighted by molar-refractivity contribution is 0.824. The SMILES string of the molecule is CCN(Cc1ccc(N)cc1)c1nc(C)c(C)s1. The highest BCUT2D eigenvalue weighted by molar-refractivity contribution is 7.15. The maximum Gasteiger partial charge on any atom is 0.186 e. The predicted octanol–water partition coefficient (Wildman–Crippen LogP) is 3.37. The first-order chi connectivity index (χ1) is 8.60. The van der Waals surface area contributed by atoms with E-state index >= 15 is 0 Å². The van der Waals surface area contributed by atoms with Gasteiger partial charge in [0.25, 0.3) is 0 Å². The molecule has 0 aliphatic heterocycles. The van der Waals surface area contributed by atoms with Crippen molar-refractivity contribution >= 4 is 22.2 Å². The van der Waals surface area contributed by atoms with Crippen molar-refractivity contribution in [3.8, 4) is 0 Å². The Labute approximate surface area is 112 Å². The van der Waals surface area contributed by atoms with Gasteiger partial charge in [-0.25, -0.2) is 4.98 Å². The maximum atomic E-state index is 5.70. The largest absolute Gasteiger partial charge is 0.399 e. The molecule has 0 amide bonds. The van der Waals surface area contributed by atoms with Crippen LogP contribution >= 0.6 is 11.3 Å². The minimum absolute atomic E-state index is 0.808. The number of hydrogen-bond acceptors (Lipinski definition) is 4. The lowest BCUT2D eigenvalue weighted by Crippen LogP contribution is -2.21. The van der Waals surface area contributed by atoms with E-state index in [9.17, 15) is 0 Å². The van der Waals surface area contributed by atoms with E-state index in [1.807, 2.05) is 12.1 Å². The first kappa shape index (κ1) is 12.9. The van der Waals surface area contributed by atoms with Gasteiger partial charge in [0.2, 0.25) is 0 Å². The van der Waals surface area contributed by atoms with E-state index in [0.717, 1.165) is 29.6 Å². The lowest BCUT2D eigenvalue weighted by atomic mass is 10.2. The molecule has 2 N–H and O–H groups in total. The zero-order chi connectivity index (χ0) is 13.1. The third-order valence-electron chi connectivity index (χ3n) is 3.02. The molecule has 0 spiro atoms. The molecule has 1 aromatic carbocycles. The van der Waals surface area contributed by atoms with Crippen LogP contribution in [0.25, 0.3) is 0 Å². The molecule has 0 saturated carbocycles. The summed E-state index contributed by atoms with van der Waals surface area (Å²) in [6.45, 7) is 8.17. The number of thiazole rings is 1. The monoisotopic (exact) mass is 261 g/mol. The van der Waals surface area contributed by atoms with Crippen molar-refractivity contribution in [3.63, 3.8) is 0 Å². The van der Waals surface area contributed by atoms with Crippen molar-refractivity contribution in [2.75, 3.05) is 17.2 Å². The van der Waals surface area contributed by atoms with Crippen molar-refractivity contribution < 1.29 is 0 Å². The second-order valence-electron chi connectivity index (χ2n) is 4.39. The van der Waals surface area contributed by atoms with Crippen LogP contribution in [0.5, 0.6) is 0 Å². The van der Waals surface area contributed by atoms with Crippen molar-refractivity contribution in [1.29, 1.82) is 0 Å². The van der Waals surface area contributed by atoms with Crippen LogP contribution in [0.4, 0.5) is 10.8 Å². The smallest absolute Gasteiger partial charge is 0.186 e. The van der Waals surface area contributed by atoms with Crippen LogP contribution < -0.4 is 10.6 Å². The topological polar surface area (TPSA) is 42.1 Å². The molecule has 0 radical (unpaired) electrons. The number of anilines is 2. The van der Waals surface area contributed by atoms with Gasteiger partial charge in [0, 0.05) is 23.7 Å². The molecule has 3 nitrogen and oxygen atoms in total. The third kappa shape index (κ3) is 2.82. The van der Waals surface area contributed by atoms with Gasteiger partial charge in [0.1, 0.15) is 0 Å². The standard InChI is InChI=1S/C14H19N3S/c1-4-17(14-16-10(2)11(3)18-14)9-12-5-7-13(15)8-6-12/h5-8H,4,9,15H2,1-3H3. The average Bonchev–Trinajstić information content (AvgIpc) is 2.69. The van der Waals surface area contributed by atoms with Gasteiger partial charge in [-0.3, -0.25) is 0 Å². The van der Waals surface area contributed by atoms with Crippen LogP contribution in [-0.2, 0) is 6.54 Å². The Morgan fingerprint density at radius 2 is 1.89 bits per heavy atom. The van der Waals surface area contributed by atoms with Crippen LogP contribution in [0, 0.1) is 13.8 Å². The van der Waals surface area contributed by atoms with Crippen molar-refractivity contribution in [1.82, 2.24) is 4.98 Å². The summed E-state index contributed by atoms with van der Waals surface area (Å²) in [6, 6.07) is 8.04. The van der Waals surface area contributed by atoms with E-state index in [2.05, 4.69) is 42.8 Å². The molecule has 1 aromatic heterocycles. The Morgan fingerprint density at radius 3 is 2.39 bits per heavy atom. The zero-order valence-corrected chi connectivity index (χ0v) is 11.9. The number of rotatable bonds is 4. The van der Waals surface area contributed by atoms with Gasteiger partial charge in [-0.2, -0.15) is 0 Å². The minimum Gasteiger partial charge on any atom is -0.399 e. The van der Waals surface area contributed by atoms with Crippen LogP contribution in [0.3, 0.4) is 0 Å². The van der Waals surface area contributed by atoms with Gasteiger partial charge in [-0.05, 0) is 38.5 Å². The Hall–Kier alpha value is -1.55. The summed E-state index contributed by atoms with van der Waals surface area (Å²) in [5.41, 5.74) is 8.90. The molecule has 2 aromatic rings. The highest BCUT2D eigenvalue weighted by Gasteiger charge is 2.11. The summed E-state index contributed by atoms with van der Waals surface area (Å²) in [5.74, 6) is 0. The molecule has 4 heteroatoms. The van der Waals surface area contributed by atoms with Crippen molar-refractivity contribution in [3.05, 3.63) is 40.4 Å². The maximum absolute atomic E-state index is 5.70. The van der Waals surface area contributed by atoms with E-state index in [-0.39, 0.29) is 0 Å². The van der Waals surface area contributed by atoms with Gasteiger partial charge < -0.3 is 10.6 Å². The van der Waals surface area contributed by atoms with Gasteiger partial charge >= 0.3 is 0 Å². The van der Waals surface area contributed by atoms with E-state index in [1.54, 1.807) is 11.3 Å². The fourth-order valence-corrected chi connectivity index (χ4v) is 2.72. The van der Waals surface area contributed by atoms with Gasteiger partial charge in [-0.1, -0.05) is 12.1 Å². The van der Waals surface area contributed by atoms with Crippen LogP contribution in [-0.4, -0.2) is 11.5 Å². The van der Waals surface area contributed by atoms with Gasteiger partial charge in [0.05, 0.1) is 5.69 Å². The van der Waals surface area contributed by atoms with Gasteiger partial charge in [-0.15, -0.1) is 11.3 Å². The fourth-order valence-electron chi connectivity index (χ4n) is 1.75. The fraction of sp³-hybridized carbons (Fsp3) is 0.357. The number of aromatic nitrogens is 1. The van der Waals surface area contributed by atoms with E-state index in [1.165, 1.54) is 10.4 Å². The molecular weight excluding hydrogens is 242 g/mol. The molecule has 0 atom stereocenters. The highest BCUT2D eigenvalue weighted by atomic mass is 32.1. The average molecular weight is 261 g/mol. The van der Waals surface area contributed by atoms with E-state index in [4.69, 9.17) is 5.73 Å². The Bertz CT molecular complexity index is 497. The van der Waals surface area contributed by atoms with E-state index < -0.39 is 0 Å². The predicted molar refractivity (Wildman–Crippen MR) is 79.2 cm³/mol. The minimum atomic E-state index is 0.808. The second kappa shape index (κ2) is 5.40. The second-order valence-corrected chi connectivity index (χ2v) is 5.58. The Kier molecular flexibility index (Phi) is 3.87. The Morgan fingerprint density at radius 1 is 1.22 bits per heavy atom. The molecule has 0 saturated heterocycles. The number of benzene rings is 1. The van der Waals surface area contributed by atoms with Crippen molar-refractivity contribution in [2.45, 2.75) is 27.3 Å². The summed E-state index contributed by atoms with van der Waals surface area (Å²) >= 11 is 1.76. The first-order valence-electron chi connectivity index (χ1n) is 6.13. The van der Waals surface area contributed by atoms with Gasteiger partial charge in [0.15, 0.2) is 5.13 Å². The summed E-state index contributed by atoms with van der Waals surface area (Å²) in [4.78, 5) is 8.20. The summed E-state index contributed by atoms with van der Waals surface area (Å²) in [6.07, 6.45) is 0. The normalized spacial score (nSPS) is 10.6. The number of aryl methyl sites for hydroxylation is 2. The first-order valence-corrected chi connectivity index (χ1v) is 6.95. The summed E-state index contributed by atoms with van der Waals surface area (Å²) in [7, 11) is 0. The molecule has 1 heterocycles. The molecule has 0 aliphatic rings. The number of nitrogens with two attached hydrogens (primary N) is 1. The number of nitrogens with zero attached hydrogens (tertiary/aromatic N) is 2. The third-order valence-corrected chi connectivity index (χ3v) is 4.16. The molecule has 0 unspecified atom stereocenters. The molecule has 96 valence electrons. The van der Waals surface area contributed by atoms with E-state index in [0.29, 0.717) is 0 Å². The number of hydrogen-bond donors (Lipinski definition) is 1. The quantitative estimate of drug-likeness (QED) is 0.858. The van der Waals surface area contributed by atoms with Crippen LogP contribution in [0.2, 0.25) is 0 Å². The van der Waals surface area contributed by atoms with Crippen LogP contribution in [0.1, 0.15) is 23.1 Å². The van der Waals surface area contributed by atoms with Crippen LogP contribution in [0.15, 0.2) is 24.3 Å². The molecule has 0 bridgehead atoms. The highest BCUT2D eigenvalue weighted by Crippen LogP contribution is 2.26. The summed E-state index contributed by atoms with van der Waals surface area (Å²) < 4.78 is 0. The summed E-state index contributed by atoms with van der Waals surface area (Å²) in [5, 5.41) is 1.10.